The third-order valence-electron chi connectivity index (χ3n) is 10.8. The zero-order valence-electron chi connectivity index (χ0n) is 47.3. The molecule has 1 fully saturated rings. The zero-order chi connectivity index (χ0) is 56.8. The molecule has 79 heavy (non-hydrogen) atoms. The molecule has 1 saturated heterocycles. The Morgan fingerprint density at radius 2 is 0.873 bits per heavy atom. The Balaban J connectivity index is 2.45. The van der Waals surface area contributed by atoms with Gasteiger partial charge in [0.2, 0.25) is 0 Å². The third-order valence-corrected chi connectivity index (χ3v) is 39.2. The van der Waals surface area contributed by atoms with Gasteiger partial charge in [-0.25, -0.2) is 0 Å². The number of rotatable bonds is 26. The summed E-state index contributed by atoms with van der Waals surface area (Å²) < 4.78 is 10.3. The third kappa shape index (κ3) is 21.3. The van der Waals surface area contributed by atoms with Gasteiger partial charge in [0.25, 0.3) is 0 Å². The Bertz CT molecular complexity index is 2710. The predicted octanol–water partition coefficient (Wildman–Crippen LogP) is 23.6. The molecule has 0 bridgehead atoms. The maximum absolute atomic E-state index is 14.4. The first-order chi connectivity index (χ1) is 38.6. The molecule has 1 aliphatic rings. The summed E-state index contributed by atoms with van der Waals surface area (Å²) in [6, 6.07) is 44.1. The molecule has 0 aliphatic carbocycles. The van der Waals surface area contributed by atoms with E-state index in [1.54, 1.807) is 13.8 Å². The van der Waals surface area contributed by atoms with Gasteiger partial charge in [0.1, 0.15) is 0 Å². The van der Waals surface area contributed by atoms with Crippen LogP contribution < -0.4 is 0 Å². The lowest BCUT2D eigenvalue weighted by molar-refractivity contribution is -0.109. The van der Waals surface area contributed by atoms with Crippen LogP contribution >= 0.6 is 184 Å². The van der Waals surface area contributed by atoms with Crippen LogP contribution in [0.15, 0.2) is 168 Å². The van der Waals surface area contributed by atoms with Crippen molar-refractivity contribution in [2.24, 2.45) is 0 Å². The van der Waals surface area contributed by atoms with Gasteiger partial charge in [-0.15, -0.1) is 118 Å². The summed E-state index contributed by atoms with van der Waals surface area (Å²) >= 11 is 26.5. The standard InChI is InChI=1S/C61H78O2S16/c1-11-17-41-68-56(69-42-18-12-2)53-51(54(76-49-35-27-21-28-36-49)77-50-37-29-22-30-38-50)52(55(72-43-47-31-23-19-24-32-47)73-44-48-33-25-20-26-34-48)78(59(64-9)65-10)58(57(74-45(7)62)75-46(8)63)79(53,60(66-15-5)67-16-6)61(70-39-13-3)71-40-14-4/h19-38H,11-18,39-44H2,1-10H3. The van der Waals surface area contributed by atoms with Crippen LogP contribution in [0.3, 0.4) is 0 Å². The highest BCUT2D eigenvalue weighted by Gasteiger charge is 2.46. The quantitative estimate of drug-likeness (QED) is 0.0340. The molecule has 1 heterocycles. The molecule has 0 spiro atoms. The molecule has 5 rings (SSSR count). The Morgan fingerprint density at radius 1 is 0.456 bits per heavy atom. The van der Waals surface area contributed by atoms with Crippen molar-refractivity contribution >= 4 is 205 Å². The van der Waals surface area contributed by atoms with Gasteiger partial charge in [0, 0.05) is 50.5 Å². The van der Waals surface area contributed by atoms with Crippen LogP contribution in [-0.2, 0) is 21.1 Å². The molecule has 1 aliphatic heterocycles. The van der Waals surface area contributed by atoms with Gasteiger partial charge >= 0.3 is 0 Å². The average Bonchev–Trinajstić information content (AvgIpc) is 3.53. The summed E-state index contributed by atoms with van der Waals surface area (Å²) in [4.78, 5) is 34.0. The van der Waals surface area contributed by atoms with Crippen molar-refractivity contribution in [3.63, 3.8) is 0 Å². The molecule has 2 atom stereocenters. The maximum atomic E-state index is 14.4. The molecular weight excluding hydrogens is 1280 g/mol. The molecule has 2 unspecified atom stereocenters. The number of hydrogen-bond donors (Lipinski definition) is 0. The van der Waals surface area contributed by atoms with Crippen LogP contribution in [-0.4, -0.2) is 67.8 Å². The fourth-order valence-electron chi connectivity index (χ4n) is 7.40. The highest BCUT2D eigenvalue weighted by molar-refractivity contribution is 8.73. The molecule has 0 aromatic heterocycles. The van der Waals surface area contributed by atoms with Crippen LogP contribution in [0.1, 0.15) is 105 Å². The van der Waals surface area contributed by atoms with Gasteiger partial charge in [-0.3, -0.25) is 9.59 Å². The Hall–Kier alpha value is 0.390. The number of allylic oxidation sites excluding steroid dienone is 2. The Kier molecular flexibility index (Phi) is 35.5. The second kappa shape index (κ2) is 40.0. The summed E-state index contributed by atoms with van der Waals surface area (Å²) in [5.74, 6) is 7.27. The summed E-state index contributed by atoms with van der Waals surface area (Å²) in [5, 5.41) is 0.00761. The topological polar surface area (TPSA) is 34.1 Å². The van der Waals surface area contributed by atoms with E-state index >= 15 is 0 Å². The monoisotopic (exact) mass is 1350 g/mol. The molecule has 4 aromatic rings. The SMILES string of the molecule is CCCCSC(SCCCC)=C1C(=C(Sc2ccccc2)Sc2ccccc2)C(=C(SCc2ccccc2)SCc2ccccc2)S(=C(SC)SC)C(=C(SC(C)=O)SC(C)=O)S1(=C(SCC)SCC)=C(SCCC)SCCC. The van der Waals surface area contributed by atoms with Crippen LogP contribution in [0.5, 0.6) is 0 Å². The van der Waals surface area contributed by atoms with Crippen LogP contribution in [0, 0.1) is 0 Å². The molecule has 2 nitrogen and oxygen atoms in total. The normalized spacial score (nSPS) is 15.3. The summed E-state index contributed by atoms with van der Waals surface area (Å²) in [6.45, 7) is 17.4. The van der Waals surface area contributed by atoms with Crippen molar-refractivity contribution in [3.8, 4) is 0 Å². The first-order valence-corrected chi connectivity index (χ1v) is 43.2. The van der Waals surface area contributed by atoms with Crippen molar-refractivity contribution in [1.82, 2.24) is 0 Å². The molecule has 0 radical (unpaired) electrons. The first kappa shape index (κ1) is 70.2. The number of hydrogen-bond acceptors (Lipinski definition) is 16. The van der Waals surface area contributed by atoms with Gasteiger partial charge < -0.3 is 0 Å². The van der Waals surface area contributed by atoms with E-state index in [1.807, 2.05) is 94.1 Å². The second-order valence-corrected chi connectivity index (χ2v) is 40.5. The second-order valence-electron chi connectivity index (χ2n) is 17.1. The molecule has 4 aromatic carbocycles. The lowest BCUT2D eigenvalue weighted by atomic mass is 10.2. The van der Waals surface area contributed by atoms with E-state index < -0.39 is 19.7 Å². The number of thioether (sulfide) groups is 14. The van der Waals surface area contributed by atoms with Gasteiger partial charge in [0.15, 0.2) is 10.2 Å². The van der Waals surface area contributed by atoms with Gasteiger partial charge in [0.05, 0.1) is 31.8 Å². The summed E-state index contributed by atoms with van der Waals surface area (Å²) in [7, 11) is -3.30. The van der Waals surface area contributed by atoms with Crippen molar-refractivity contribution < 1.29 is 9.59 Å². The predicted molar refractivity (Wildman–Crippen MR) is 398 cm³/mol. The zero-order valence-corrected chi connectivity index (χ0v) is 60.4. The van der Waals surface area contributed by atoms with E-state index in [0.717, 1.165) is 88.8 Å². The van der Waals surface area contributed by atoms with Gasteiger partial charge in [-0.1, -0.05) is 195 Å². The van der Waals surface area contributed by atoms with E-state index in [4.69, 9.17) is 0 Å². The van der Waals surface area contributed by atoms with Crippen LogP contribution in [0.2, 0.25) is 0 Å². The highest BCUT2D eigenvalue weighted by atomic mass is 32.3. The lowest BCUT2D eigenvalue weighted by Crippen LogP contribution is -2.18. The van der Waals surface area contributed by atoms with Gasteiger partial charge in [-0.2, -0.15) is 0 Å². The Morgan fingerprint density at radius 3 is 1.25 bits per heavy atom. The fraction of sp³-hybridized carbons (Fsp3) is 0.393. The van der Waals surface area contributed by atoms with E-state index in [9.17, 15) is 9.59 Å². The van der Waals surface area contributed by atoms with E-state index in [2.05, 4.69) is 222 Å². The van der Waals surface area contributed by atoms with Crippen LogP contribution in [0.4, 0.5) is 0 Å². The minimum Gasteiger partial charge on any atom is -0.287 e. The molecule has 0 N–H and O–H groups in total. The number of carbonyl (C=O) groups is 2. The minimum absolute atomic E-state index is 0.00381. The summed E-state index contributed by atoms with van der Waals surface area (Å²) in [5.41, 5.74) is 3.90. The van der Waals surface area contributed by atoms with E-state index in [1.165, 1.54) is 87.4 Å². The van der Waals surface area contributed by atoms with E-state index in [-0.39, 0.29) is 10.2 Å². The van der Waals surface area contributed by atoms with Gasteiger partial charge in [-0.05, 0) is 132 Å². The maximum Gasteiger partial charge on any atom is 0.191 e. The number of benzene rings is 4. The smallest absolute Gasteiger partial charge is 0.191 e. The largest absolute Gasteiger partial charge is 0.287 e. The van der Waals surface area contributed by atoms with E-state index in [0.29, 0.717) is 0 Å². The van der Waals surface area contributed by atoms with Crippen molar-refractivity contribution in [2.75, 3.05) is 47.0 Å². The van der Waals surface area contributed by atoms with Crippen molar-refractivity contribution in [1.29, 1.82) is 0 Å². The van der Waals surface area contributed by atoms with Crippen molar-refractivity contribution in [3.05, 3.63) is 169 Å². The molecule has 18 heteroatoms. The first-order valence-electron chi connectivity index (χ1n) is 26.7. The molecular formula is C61H78O2S16. The lowest BCUT2D eigenvalue weighted by Gasteiger charge is -2.44. The molecule has 0 saturated carbocycles. The summed E-state index contributed by atoms with van der Waals surface area (Å²) in [6.07, 6.45) is 11.0. The Labute approximate surface area is 539 Å². The fourth-order valence-corrected chi connectivity index (χ4v) is 40.2. The minimum atomic E-state index is -2.50. The highest BCUT2D eigenvalue weighted by Crippen LogP contribution is 2.76. The molecule has 0 amide bonds. The number of carbonyl (C=O) groups excluding carboxylic acids is 2. The molecule has 430 valence electrons. The van der Waals surface area contributed by atoms with Crippen LogP contribution in [0.25, 0.3) is 0 Å². The van der Waals surface area contributed by atoms with Crippen molar-refractivity contribution in [2.45, 2.75) is 115 Å². The average molecular weight is 1360 g/mol. The number of unbranched alkanes of at least 4 members (excludes halogenated alkanes) is 2.